The first kappa shape index (κ1) is 22.4. The van der Waals surface area contributed by atoms with Crippen LogP contribution in [0.2, 0.25) is 0 Å². The lowest BCUT2D eigenvalue weighted by molar-refractivity contribution is -0.123. The molecule has 0 fully saturated rings. The van der Waals surface area contributed by atoms with E-state index in [0.717, 1.165) is 23.5 Å². The number of nitrogens with zero attached hydrogens (tertiary/aromatic N) is 2. The number of hydrogen-bond acceptors (Lipinski definition) is 3. The monoisotopic (exact) mass is 410 g/mol. The minimum absolute atomic E-state index is 0.0333. The normalized spacial score (nSPS) is 11.6. The first-order chi connectivity index (χ1) is 13.5. The average Bonchev–Trinajstić information content (AvgIpc) is 2.86. The van der Waals surface area contributed by atoms with E-state index < -0.39 is 18.6 Å². The van der Waals surface area contributed by atoms with Gasteiger partial charge in [0.05, 0.1) is 23.4 Å². The van der Waals surface area contributed by atoms with Gasteiger partial charge in [0.2, 0.25) is 5.91 Å². The Morgan fingerprint density at radius 3 is 2.45 bits per heavy atom. The molecule has 2 N–H and O–H groups in total. The van der Waals surface area contributed by atoms with Crippen LogP contribution in [0.15, 0.2) is 24.3 Å². The molecule has 1 heterocycles. The van der Waals surface area contributed by atoms with Crippen LogP contribution < -0.4 is 10.6 Å². The van der Waals surface area contributed by atoms with Crippen LogP contribution in [0.5, 0.6) is 0 Å². The highest BCUT2D eigenvalue weighted by atomic mass is 19.4. The second-order valence-electron chi connectivity index (χ2n) is 7.29. The van der Waals surface area contributed by atoms with E-state index in [4.69, 9.17) is 0 Å². The minimum atomic E-state index is -4.51. The number of alkyl halides is 3. The van der Waals surface area contributed by atoms with E-state index in [2.05, 4.69) is 24.3 Å². The predicted octanol–water partition coefficient (Wildman–Crippen LogP) is 3.63. The quantitative estimate of drug-likeness (QED) is 0.732. The fourth-order valence-corrected chi connectivity index (χ4v) is 2.93. The Hall–Kier alpha value is -2.84. The summed E-state index contributed by atoms with van der Waals surface area (Å²) in [6.07, 6.45) is -4.46. The van der Waals surface area contributed by atoms with E-state index in [0.29, 0.717) is 5.92 Å². The SMILES string of the molecule is Cc1nn(CC(C)C)c(C)c1CC(=O)Nc1ccccc1C(=O)NCC(F)(F)F. The predicted molar refractivity (Wildman–Crippen MR) is 104 cm³/mol. The van der Waals surface area contributed by atoms with Gasteiger partial charge in [0.15, 0.2) is 0 Å². The van der Waals surface area contributed by atoms with Crippen LogP contribution in [0, 0.1) is 19.8 Å². The number of halogens is 3. The van der Waals surface area contributed by atoms with Crippen molar-refractivity contribution in [2.75, 3.05) is 11.9 Å². The number of carbonyl (C=O) groups excluding carboxylic acids is 2. The molecule has 0 aliphatic rings. The van der Waals surface area contributed by atoms with Crippen molar-refractivity contribution in [3.05, 3.63) is 46.8 Å². The van der Waals surface area contributed by atoms with Gasteiger partial charge in [0, 0.05) is 17.8 Å². The van der Waals surface area contributed by atoms with E-state index in [-0.39, 0.29) is 23.6 Å². The number of hydrogen-bond donors (Lipinski definition) is 2. The van der Waals surface area contributed by atoms with Crippen LogP contribution in [-0.4, -0.2) is 34.3 Å². The summed E-state index contributed by atoms with van der Waals surface area (Å²) in [4.78, 5) is 24.6. The van der Waals surface area contributed by atoms with Crippen LogP contribution in [0.4, 0.5) is 18.9 Å². The number of carbonyl (C=O) groups is 2. The van der Waals surface area contributed by atoms with Crippen molar-refractivity contribution in [1.82, 2.24) is 15.1 Å². The maximum Gasteiger partial charge on any atom is 0.405 e. The van der Waals surface area contributed by atoms with Crippen molar-refractivity contribution in [2.24, 2.45) is 5.92 Å². The molecule has 0 saturated heterocycles. The highest BCUT2D eigenvalue weighted by molar-refractivity contribution is 6.04. The first-order valence-electron chi connectivity index (χ1n) is 9.24. The molecule has 9 heteroatoms. The minimum Gasteiger partial charge on any atom is -0.343 e. The van der Waals surface area contributed by atoms with Gasteiger partial charge >= 0.3 is 6.18 Å². The number of amides is 2. The van der Waals surface area contributed by atoms with Crippen LogP contribution in [0.25, 0.3) is 0 Å². The van der Waals surface area contributed by atoms with Gasteiger partial charge in [-0.05, 0) is 31.9 Å². The molecule has 2 rings (SSSR count). The van der Waals surface area contributed by atoms with E-state index in [1.54, 1.807) is 6.07 Å². The molecule has 2 aromatic rings. The fraction of sp³-hybridized carbons (Fsp3) is 0.450. The molecule has 0 radical (unpaired) electrons. The molecule has 0 spiro atoms. The van der Waals surface area contributed by atoms with Crippen LogP contribution in [0.1, 0.15) is 41.2 Å². The summed E-state index contributed by atoms with van der Waals surface area (Å²) in [5.74, 6) is -0.886. The average molecular weight is 410 g/mol. The van der Waals surface area contributed by atoms with Gasteiger partial charge in [-0.25, -0.2) is 0 Å². The Kier molecular flexibility index (Phi) is 7.05. The van der Waals surface area contributed by atoms with E-state index in [1.165, 1.54) is 18.2 Å². The Morgan fingerprint density at radius 1 is 1.17 bits per heavy atom. The summed E-state index contributed by atoms with van der Waals surface area (Å²) in [7, 11) is 0. The van der Waals surface area contributed by atoms with E-state index >= 15 is 0 Å². The molecular formula is C20H25F3N4O2. The van der Waals surface area contributed by atoms with Gasteiger partial charge in [0.1, 0.15) is 6.54 Å². The lowest BCUT2D eigenvalue weighted by Crippen LogP contribution is -2.34. The lowest BCUT2D eigenvalue weighted by Gasteiger charge is -2.13. The van der Waals surface area contributed by atoms with Gasteiger partial charge in [0.25, 0.3) is 5.91 Å². The Balaban J connectivity index is 2.12. The molecule has 0 bridgehead atoms. The molecule has 0 aliphatic heterocycles. The summed E-state index contributed by atoms with van der Waals surface area (Å²) in [5.41, 5.74) is 2.55. The molecule has 0 aliphatic carbocycles. The highest BCUT2D eigenvalue weighted by Crippen LogP contribution is 2.19. The van der Waals surface area contributed by atoms with E-state index in [1.807, 2.05) is 23.8 Å². The largest absolute Gasteiger partial charge is 0.405 e. The third kappa shape index (κ3) is 6.33. The first-order valence-corrected chi connectivity index (χ1v) is 9.24. The number of aryl methyl sites for hydroxylation is 1. The number of aromatic nitrogens is 2. The summed E-state index contributed by atoms with van der Waals surface area (Å²) in [5, 5.41) is 8.91. The van der Waals surface area contributed by atoms with E-state index in [9.17, 15) is 22.8 Å². The second-order valence-corrected chi connectivity index (χ2v) is 7.29. The molecule has 29 heavy (non-hydrogen) atoms. The van der Waals surface area contributed by atoms with Gasteiger partial charge < -0.3 is 10.6 Å². The zero-order valence-corrected chi connectivity index (χ0v) is 16.9. The van der Waals surface area contributed by atoms with Gasteiger partial charge in [-0.3, -0.25) is 14.3 Å². The fourth-order valence-electron chi connectivity index (χ4n) is 2.93. The third-order valence-corrected chi connectivity index (χ3v) is 4.30. The molecule has 1 aromatic heterocycles. The lowest BCUT2D eigenvalue weighted by atomic mass is 10.1. The third-order valence-electron chi connectivity index (χ3n) is 4.30. The zero-order chi connectivity index (χ0) is 21.8. The molecule has 2 amide bonds. The van der Waals surface area contributed by atoms with Crippen molar-refractivity contribution in [2.45, 2.75) is 46.8 Å². The highest BCUT2D eigenvalue weighted by Gasteiger charge is 2.28. The van der Waals surface area contributed by atoms with Gasteiger partial charge in [-0.15, -0.1) is 0 Å². The van der Waals surface area contributed by atoms with Crippen LogP contribution in [0.3, 0.4) is 0 Å². The Morgan fingerprint density at radius 2 is 1.83 bits per heavy atom. The van der Waals surface area contributed by atoms with Crippen molar-refractivity contribution < 1.29 is 22.8 Å². The molecule has 1 aromatic carbocycles. The van der Waals surface area contributed by atoms with Gasteiger partial charge in [-0.2, -0.15) is 18.3 Å². The smallest absolute Gasteiger partial charge is 0.343 e. The number of rotatable bonds is 7. The zero-order valence-electron chi connectivity index (χ0n) is 16.9. The van der Waals surface area contributed by atoms with Crippen molar-refractivity contribution in [3.8, 4) is 0 Å². The molecule has 0 unspecified atom stereocenters. The molecule has 0 saturated carbocycles. The summed E-state index contributed by atoms with van der Waals surface area (Å²) >= 11 is 0. The van der Waals surface area contributed by atoms with Crippen LogP contribution >= 0.6 is 0 Å². The molecule has 0 atom stereocenters. The summed E-state index contributed by atoms with van der Waals surface area (Å²) in [6.45, 7) is 7.15. The number of para-hydroxylation sites is 1. The Bertz CT molecular complexity index is 888. The molecular weight excluding hydrogens is 385 g/mol. The Labute approximate surface area is 167 Å². The summed E-state index contributed by atoms with van der Waals surface area (Å²) in [6, 6.07) is 5.94. The number of anilines is 1. The van der Waals surface area contributed by atoms with Crippen molar-refractivity contribution in [1.29, 1.82) is 0 Å². The molecule has 158 valence electrons. The standard InChI is InChI=1S/C20H25F3N4O2/c1-12(2)10-27-14(4)16(13(3)26-27)9-18(28)25-17-8-6-5-7-15(17)19(29)24-11-20(21,22)23/h5-8,12H,9-11H2,1-4H3,(H,24,29)(H,25,28). The molecule has 6 nitrogen and oxygen atoms in total. The number of benzene rings is 1. The topological polar surface area (TPSA) is 76.0 Å². The van der Waals surface area contributed by atoms with Crippen LogP contribution in [-0.2, 0) is 17.8 Å². The van der Waals surface area contributed by atoms with Gasteiger partial charge in [-0.1, -0.05) is 26.0 Å². The number of nitrogens with one attached hydrogen (secondary N) is 2. The van der Waals surface area contributed by atoms with Crippen molar-refractivity contribution in [3.63, 3.8) is 0 Å². The maximum atomic E-state index is 12.5. The van der Waals surface area contributed by atoms with Crippen molar-refractivity contribution >= 4 is 17.5 Å². The maximum absolute atomic E-state index is 12.5. The second kappa shape index (κ2) is 9.11. The summed E-state index contributed by atoms with van der Waals surface area (Å²) < 4.78 is 38.9.